The lowest BCUT2D eigenvalue weighted by Gasteiger charge is -2.43. The fraction of sp³-hybridized carbons (Fsp3) is 0.875. The van der Waals surface area contributed by atoms with Crippen LogP contribution >= 0.6 is 0 Å². The summed E-state index contributed by atoms with van der Waals surface area (Å²) >= 11 is 0. The summed E-state index contributed by atoms with van der Waals surface area (Å²) in [4.78, 5) is 25.0. The molecule has 0 aromatic carbocycles. The van der Waals surface area contributed by atoms with Gasteiger partial charge in [0.2, 0.25) is 0 Å². The van der Waals surface area contributed by atoms with Gasteiger partial charge < -0.3 is 19.0 Å². The van der Waals surface area contributed by atoms with Crippen LogP contribution in [0.4, 0.5) is 4.79 Å². The predicted molar refractivity (Wildman–Crippen MR) is 82.5 cm³/mol. The molecule has 1 fully saturated rings. The summed E-state index contributed by atoms with van der Waals surface area (Å²) in [6.07, 6.45) is -0.381. The molecule has 1 heterocycles. The highest BCUT2D eigenvalue weighted by Gasteiger charge is 2.41. The van der Waals surface area contributed by atoms with Gasteiger partial charge in [-0.3, -0.25) is 4.90 Å². The van der Waals surface area contributed by atoms with Crippen molar-refractivity contribution in [3.8, 4) is 0 Å². The molecule has 6 nitrogen and oxygen atoms in total. The summed E-state index contributed by atoms with van der Waals surface area (Å²) in [7, 11) is 0. The largest absolute Gasteiger partial charge is 0.444 e. The van der Waals surface area contributed by atoms with Gasteiger partial charge in [0.05, 0.1) is 19.3 Å². The van der Waals surface area contributed by atoms with Crippen molar-refractivity contribution in [3.05, 3.63) is 0 Å². The first-order valence-corrected chi connectivity index (χ1v) is 7.64. The predicted octanol–water partition coefficient (Wildman–Crippen LogP) is 2.60. The lowest BCUT2D eigenvalue weighted by atomic mass is 9.98. The van der Waals surface area contributed by atoms with Gasteiger partial charge in [0.1, 0.15) is 17.9 Å². The Hall–Kier alpha value is -1.14. The maximum absolute atomic E-state index is 12.4. The minimum Gasteiger partial charge on any atom is -0.444 e. The second kappa shape index (κ2) is 6.96. The molecule has 0 aliphatic carbocycles. The average Bonchev–Trinajstić information content (AvgIpc) is 2.33. The maximum atomic E-state index is 12.4. The lowest BCUT2D eigenvalue weighted by Crippen LogP contribution is -2.60. The highest BCUT2D eigenvalue weighted by atomic mass is 16.7. The number of morpholine rings is 1. The van der Waals surface area contributed by atoms with Crippen LogP contribution in [0.3, 0.4) is 0 Å². The smallest absolute Gasteiger partial charge is 0.411 e. The van der Waals surface area contributed by atoms with Crippen LogP contribution in [0, 0.1) is 5.41 Å². The molecule has 1 aliphatic rings. The van der Waals surface area contributed by atoms with Crippen molar-refractivity contribution in [2.24, 2.45) is 5.41 Å². The van der Waals surface area contributed by atoms with E-state index in [1.165, 1.54) is 4.90 Å². The number of ether oxygens (including phenoxy) is 3. The van der Waals surface area contributed by atoms with Gasteiger partial charge in [-0.1, -0.05) is 20.8 Å². The van der Waals surface area contributed by atoms with Gasteiger partial charge in [0, 0.05) is 0 Å². The molecule has 6 heteroatoms. The first-order chi connectivity index (χ1) is 9.94. The van der Waals surface area contributed by atoms with E-state index < -0.39 is 30.1 Å². The van der Waals surface area contributed by atoms with Crippen LogP contribution in [0.15, 0.2) is 0 Å². The van der Waals surface area contributed by atoms with Crippen molar-refractivity contribution >= 4 is 12.4 Å². The first-order valence-electron chi connectivity index (χ1n) is 7.64. The summed E-state index contributed by atoms with van der Waals surface area (Å²) in [6, 6.07) is -1.06. The van der Waals surface area contributed by atoms with Crippen LogP contribution in [0.25, 0.3) is 0 Å². The van der Waals surface area contributed by atoms with E-state index in [0.717, 1.165) is 0 Å². The minimum absolute atomic E-state index is 0.0126. The number of nitrogens with zero attached hydrogens (tertiary/aromatic N) is 1. The molecule has 0 N–H and O–H groups in total. The van der Waals surface area contributed by atoms with Crippen molar-refractivity contribution in [1.29, 1.82) is 0 Å². The molecular formula is C16H29NO5. The second-order valence-corrected chi connectivity index (χ2v) is 7.91. The van der Waals surface area contributed by atoms with Crippen LogP contribution in [0.5, 0.6) is 0 Å². The molecular weight excluding hydrogens is 286 g/mol. The SMILES string of the molecule is CC1C(OCC(C)(C)C)OCC(C=O)N1C(=O)OC(C)(C)C. The molecule has 1 aliphatic heterocycles. The lowest BCUT2D eigenvalue weighted by molar-refractivity contribution is -0.220. The molecule has 3 unspecified atom stereocenters. The summed E-state index contributed by atoms with van der Waals surface area (Å²) < 4.78 is 16.8. The van der Waals surface area contributed by atoms with Gasteiger partial charge in [-0.25, -0.2) is 4.79 Å². The molecule has 0 spiro atoms. The summed E-state index contributed by atoms with van der Waals surface area (Å²) in [6.45, 7) is 13.9. The monoisotopic (exact) mass is 315 g/mol. The average molecular weight is 315 g/mol. The summed E-state index contributed by atoms with van der Waals surface area (Å²) in [5.41, 5.74) is -0.633. The zero-order valence-corrected chi connectivity index (χ0v) is 14.7. The maximum Gasteiger partial charge on any atom is 0.411 e. The van der Waals surface area contributed by atoms with Gasteiger partial charge in [0.15, 0.2) is 6.29 Å². The Bertz CT molecular complexity index is 396. The summed E-state index contributed by atoms with van der Waals surface area (Å²) in [5, 5.41) is 0. The van der Waals surface area contributed by atoms with E-state index in [4.69, 9.17) is 14.2 Å². The van der Waals surface area contributed by atoms with Crippen molar-refractivity contribution in [2.75, 3.05) is 13.2 Å². The number of amides is 1. The Morgan fingerprint density at radius 3 is 2.32 bits per heavy atom. The standard InChI is InChI=1S/C16H29NO5/c1-11-13(21-10-15(2,3)4)20-9-12(8-18)17(11)14(19)22-16(5,6)7/h8,11-13H,9-10H2,1-7H3. The number of carbonyl (C=O) groups excluding carboxylic acids is 2. The Morgan fingerprint density at radius 1 is 1.27 bits per heavy atom. The number of rotatable bonds is 3. The third-order valence-corrected chi connectivity index (χ3v) is 3.06. The second-order valence-electron chi connectivity index (χ2n) is 7.91. The van der Waals surface area contributed by atoms with E-state index in [0.29, 0.717) is 12.9 Å². The zero-order chi connectivity index (χ0) is 17.1. The topological polar surface area (TPSA) is 65.1 Å². The van der Waals surface area contributed by atoms with E-state index in [9.17, 15) is 9.59 Å². The van der Waals surface area contributed by atoms with Crippen molar-refractivity contribution in [3.63, 3.8) is 0 Å². The Kier molecular flexibility index (Phi) is 5.98. The van der Waals surface area contributed by atoms with Crippen LogP contribution in [0.1, 0.15) is 48.5 Å². The van der Waals surface area contributed by atoms with E-state index in [1.54, 1.807) is 27.7 Å². The molecule has 0 aromatic rings. The van der Waals surface area contributed by atoms with Gasteiger partial charge in [0.25, 0.3) is 0 Å². The molecule has 1 amide bonds. The van der Waals surface area contributed by atoms with Crippen LogP contribution in [-0.2, 0) is 19.0 Å². The minimum atomic E-state index is -0.653. The Balaban J connectivity index is 2.81. The molecule has 0 aromatic heterocycles. The molecule has 1 saturated heterocycles. The molecule has 0 saturated carbocycles. The fourth-order valence-corrected chi connectivity index (χ4v) is 2.09. The highest BCUT2D eigenvalue weighted by Crippen LogP contribution is 2.24. The van der Waals surface area contributed by atoms with Crippen molar-refractivity contribution < 1.29 is 23.8 Å². The van der Waals surface area contributed by atoms with Crippen molar-refractivity contribution in [2.45, 2.75) is 72.4 Å². The number of carbonyl (C=O) groups is 2. The number of hydrogen-bond donors (Lipinski definition) is 0. The summed E-state index contributed by atoms with van der Waals surface area (Å²) in [5.74, 6) is 0. The van der Waals surface area contributed by atoms with E-state index in [1.807, 2.05) is 0 Å². The van der Waals surface area contributed by atoms with E-state index in [-0.39, 0.29) is 12.0 Å². The molecule has 3 atom stereocenters. The Morgan fingerprint density at radius 2 is 1.86 bits per heavy atom. The quantitative estimate of drug-likeness (QED) is 0.749. The zero-order valence-electron chi connectivity index (χ0n) is 14.7. The molecule has 0 radical (unpaired) electrons. The van der Waals surface area contributed by atoms with Crippen LogP contribution < -0.4 is 0 Å². The molecule has 0 bridgehead atoms. The fourth-order valence-electron chi connectivity index (χ4n) is 2.09. The molecule has 1 rings (SSSR count). The number of hydrogen-bond acceptors (Lipinski definition) is 5. The van der Waals surface area contributed by atoms with Crippen molar-refractivity contribution in [1.82, 2.24) is 4.90 Å². The third kappa shape index (κ3) is 5.57. The van der Waals surface area contributed by atoms with E-state index >= 15 is 0 Å². The number of aldehydes is 1. The first kappa shape index (κ1) is 18.9. The van der Waals surface area contributed by atoms with Crippen LogP contribution in [-0.4, -0.2) is 54.5 Å². The van der Waals surface area contributed by atoms with Gasteiger partial charge in [-0.15, -0.1) is 0 Å². The Labute approximate surface area is 133 Å². The van der Waals surface area contributed by atoms with E-state index in [2.05, 4.69) is 20.8 Å². The van der Waals surface area contributed by atoms with Crippen LogP contribution in [0.2, 0.25) is 0 Å². The van der Waals surface area contributed by atoms with Gasteiger partial charge in [-0.2, -0.15) is 0 Å². The van der Waals surface area contributed by atoms with Gasteiger partial charge >= 0.3 is 6.09 Å². The third-order valence-electron chi connectivity index (χ3n) is 3.06. The molecule has 22 heavy (non-hydrogen) atoms. The normalized spacial score (nSPS) is 26.7. The molecule has 128 valence electrons. The van der Waals surface area contributed by atoms with Gasteiger partial charge in [-0.05, 0) is 33.1 Å². The highest BCUT2D eigenvalue weighted by molar-refractivity contribution is 5.74.